The Labute approximate surface area is 169 Å². The van der Waals surface area contributed by atoms with E-state index in [4.69, 9.17) is 0 Å². The van der Waals surface area contributed by atoms with Crippen molar-refractivity contribution >= 4 is 10.0 Å². The van der Waals surface area contributed by atoms with Crippen LogP contribution in [0.25, 0.3) is 0 Å². The number of aromatic amines is 1. The van der Waals surface area contributed by atoms with E-state index >= 15 is 0 Å². The monoisotopic (exact) mass is 410 g/mol. The van der Waals surface area contributed by atoms with Crippen LogP contribution in [0.1, 0.15) is 41.5 Å². The van der Waals surface area contributed by atoms with Crippen molar-refractivity contribution in [3.8, 4) is 0 Å². The van der Waals surface area contributed by atoms with Crippen molar-refractivity contribution in [1.82, 2.24) is 18.8 Å². The van der Waals surface area contributed by atoms with Crippen LogP contribution in [0, 0.1) is 0 Å². The summed E-state index contributed by atoms with van der Waals surface area (Å²) in [5.74, 6) is 1.24. The third-order valence-electron chi connectivity index (χ3n) is 5.61. The molecule has 7 nitrogen and oxygen atoms in total. The van der Waals surface area contributed by atoms with Gasteiger partial charge in [-0.25, -0.2) is 17.4 Å². The minimum atomic E-state index is -3.64. The van der Waals surface area contributed by atoms with Gasteiger partial charge in [-0.2, -0.15) is 0 Å². The molecule has 1 aliphatic carbocycles. The SMILES string of the molecule is O=c1[nH]c(C2CC2)nc2c1CN(Cc1cccn1S(=O)(=O)c1ccccc1)CC2. The number of rotatable bonds is 5. The van der Waals surface area contributed by atoms with Crippen molar-refractivity contribution < 1.29 is 8.42 Å². The van der Waals surface area contributed by atoms with Gasteiger partial charge in [0.25, 0.3) is 15.6 Å². The van der Waals surface area contributed by atoms with Gasteiger partial charge in [-0.05, 0) is 37.1 Å². The third-order valence-corrected chi connectivity index (χ3v) is 7.35. The molecule has 1 saturated carbocycles. The van der Waals surface area contributed by atoms with E-state index < -0.39 is 10.0 Å². The minimum absolute atomic E-state index is 0.0612. The zero-order valence-corrected chi connectivity index (χ0v) is 16.7. The molecule has 150 valence electrons. The highest BCUT2D eigenvalue weighted by molar-refractivity contribution is 7.90. The summed E-state index contributed by atoms with van der Waals surface area (Å²) in [6.45, 7) is 1.66. The first-order valence-corrected chi connectivity index (χ1v) is 11.3. The Kier molecular flexibility index (Phi) is 4.40. The van der Waals surface area contributed by atoms with Crippen LogP contribution in [0.5, 0.6) is 0 Å². The Balaban J connectivity index is 1.39. The van der Waals surface area contributed by atoms with Crippen LogP contribution >= 0.6 is 0 Å². The normalized spacial score (nSPS) is 17.2. The summed E-state index contributed by atoms with van der Waals surface area (Å²) in [4.78, 5) is 22.5. The van der Waals surface area contributed by atoms with Crippen molar-refractivity contribution in [2.24, 2.45) is 0 Å². The number of hydrogen-bond acceptors (Lipinski definition) is 5. The molecule has 8 heteroatoms. The molecule has 0 unspecified atom stereocenters. The molecule has 1 N–H and O–H groups in total. The van der Waals surface area contributed by atoms with Crippen LogP contribution in [0.3, 0.4) is 0 Å². The van der Waals surface area contributed by atoms with Crippen LogP contribution in [0.2, 0.25) is 0 Å². The van der Waals surface area contributed by atoms with Gasteiger partial charge in [0.1, 0.15) is 5.82 Å². The second-order valence-corrected chi connectivity index (χ2v) is 9.54. The van der Waals surface area contributed by atoms with Crippen molar-refractivity contribution in [2.45, 2.75) is 43.2 Å². The van der Waals surface area contributed by atoms with Crippen LogP contribution in [0.4, 0.5) is 0 Å². The molecule has 0 amide bonds. The predicted molar refractivity (Wildman–Crippen MR) is 108 cm³/mol. The quantitative estimate of drug-likeness (QED) is 0.697. The fourth-order valence-corrected chi connectivity index (χ4v) is 5.26. The third kappa shape index (κ3) is 3.42. The summed E-state index contributed by atoms with van der Waals surface area (Å²) >= 11 is 0. The average molecular weight is 410 g/mol. The lowest BCUT2D eigenvalue weighted by Gasteiger charge is -2.28. The Morgan fingerprint density at radius 2 is 1.90 bits per heavy atom. The largest absolute Gasteiger partial charge is 0.310 e. The zero-order valence-electron chi connectivity index (χ0n) is 15.9. The van der Waals surface area contributed by atoms with Crippen LogP contribution in [-0.4, -0.2) is 33.8 Å². The van der Waals surface area contributed by atoms with Gasteiger partial charge >= 0.3 is 0 Å². The highest BCUT2D eigenvalue weighted by atomic mass is 32.2. The molecule has 1 aliphatic heterocycles. The molecule has 0 radical (unpaired) electrons. The Bertz CT molecular complexity index is 1210. The van der Waals surface area contributed by atoms with Crippen molar-refractivity contribution in [3.05, 3.63) is 81.8 Å². The van der Waals surface area contributed by atoms with E-state index in [1.807, 2.05) is 6.07 Å². The summed E-state index contributed by atoms with van der Waals surface area (Å²) < 4.78 is 27.3. The first-order chi connectivity index (χ1) is 14.0. The number of hydrogen-bond donors (Lipinski definition) is 1. The van der Waals surface area contributed by atoms with E-state index in [0.717, 1.165) is 30.9 Å². The Hall–Kier alpha value is -2.71. The van der Waals surface area contributed by atoms with E-state index in [-0.39, 0.29) is 10.5 Å². The summed E-state index contributed by atoms with van der Waals surface area (Å²) in [6.07, 6.45) is 4.47. The van der Waals surface area contributed by atoms with Crippen molar-refractivity contribution in [1.29, 1.82) is 0 Å². The molecule has 3 heterocycles. The standard InChI is InChI=1S/C21H22N4O3S/c26-21-18-14-24(12-10-19(18)22-20(23-21)15-8-9-15)13-16-5-4-11-25(16)29(27,28)17-6-2-1-3-7-17/h1-7,11,15H,8-10,12-14H2,(H,22,23,26). The van der Waals surface area contributed by atoms with E-state index in [1.54, 1.807) is 42.6 Å². The maximum absolute atomic E-state index is 13.0. The molecule has 5 rings (SSSR count). The maximum atomic E-state index is 13.0. The number of fused-ring (bicyclic) bond motifs is 1. The fraction of sp³-hybridized carbons (Fsp3) is 0.333. The van der Waals surface area contributed by atoms with E-state index in [2.05, 4.69) is 14.9 Å². The lowest BCUT2D eigenvalue weighted by Crippen LogP contribution is -2.36. The number of H-pyrrole nitrogens is 1. The molecular formula is C21H22N4O3S. The molecule has 0 spiro atoms. The molecule has 0 saturated heterocycles. The van der Waals surface area contributed by atoms with Gasteiger partial charge in [-0.15, -0.1) is 0 Å². The molecule has 2 aliphatic rings. The smallest absolute Gasteiger partial charge is 0.267 e. The second kappa shape index (κ2) is 6.96. The second-order valence-electron chi connectivity index (χ2n) is 7.72. The zero-order chi connectivity index (χ0) is 20.0. The first kappa shape index (κ1) is 18.3. The van der Waals surface area contributed by atoms with Gasteiger partial charge in [0.05, 0.1) is 16.2 Å². The number of benzene rings is 1. The summed E-state index contributed by atoms with van der Waals surface area (Å²) in [5, 5.41) is 0. The molecule has 0 atom stereocenters. The highest BCUT2D eigenvalue weighted by Gasteiger charge is 2.29. The summed E-state index contributed by atoms with van der Waals surface area (Å²) in [5.41, 5.74) is 2.20. The first-order valence-electron chi connectivity index (χ1n) is 9.83. The van der Waals surface area contributed by atoms with Crippen LogP contribution in [0.15, 0.2) is 58.4 Å². The minimum Gasteiger partial charge on any atom is -0.310 e. The van der Waals surface area contributed by atoms with E-state index in [0.29, 0.717) is 36.7 Å². The molecule has 29 heavy (non-hydrogen) atoms. The molecular weight excluding hydrogens is 388 g/mol. The summed E-state index contributed by atoms with van der Waals surface area (Å²) in [7, 11) is -3.64. The Morgan fingerprint density at radius 1 is 1.10 bits per heavy atom. The maximum Gasteiger partial charge on any atom is 0.267 e. The van der Waals surface area contributed by atoms with E-state index in [1.165, 1.54) is 3.97 Å². The number of nitrogens with zero attached hydrogens (tertiary/aromatic N) is 3. The topological polar surface area (TPSA) is 88.1 Å². The fourth-order valence-electron chi connectivity index (χ4n) is 3.88. The highest BCUT2D eigenvalue weighted by Crippen LogP contribution is 2.37. The van der Waals surface area contributed by atoms with Gasteiger partial charge < -0.3 is 4.98 Å². The van der Waals surface area contributed by atoms with Gasteiger partial charge in [-0.1, -0.05) is 18.2 Å². The molecule has 2 aromatic heterocycles. The number of aromatic nitrogens is 3. The lowest BCUT2D eigenvalue weighted by atomic mass is 10.1. The van der Waals surface area contributed by atoms with Crippen LogP contribution in [-0.2, 0) is 29.5 Å². The lowest BCUT2D eigenvalue weighted by molar-refractivity contribution is 0.238. The van der Waals surface area contributed by atoms with E-state index in [9.17, 15) is 13.2 Å². The summed E-state index contributed by atoms with van der Waals surface area (Å²) in [6, 6.07) is 12.0. The Morgan fingerprint density at radius 3 is 2.66 bits per heavy atom. The average Bonchev–Trinajstić information content (AvgIpc) is 3.47. The van der Waals surface area contributed by atoms with Crippen molar-refractivity contribution in [3.63, 3.8) is 0 Å². The van der Waals surface area contributed by atoms with Gasteiger partial charge in [0.2, 0.25) is 0 Å². The van der Waals surface area contributed by atoms with Crippen LogP contribution < -0.4 is 5.56 Å². The van der Waals surface area contributed by atoms with Gasteiger partial charge in [0.15, 0.2) is 0 Å². The predicted octanol–water partition coefficient (Wildman–Crippen LogP) is 2.24. The molecule has 1 fully saturated rings. The molecule has 3 aromatic rings. The van der Waals surface area contributed by atoms with Crippen molar-refractivity contribution in [2.75, 3.05) is 6.54 Å². The number of nitrogens with one attached hydrogen (secondary N) is 1. The van der Waals surface area contributed by atoms with Gasteiger partial charge in [-0.3, -0.25) is 9.69 Å². The van der Waals surface area contributed by atoms with Gasteiger partial charge in [0, 0.05) is 43.9 Å². The molecule has 1 aromatic carbocycles. The molecule has 0 bridgehead atoms.